The van der Waals surface area contributed by atoms with Gasteiger partial charge in [0.25, 0.3) is 5.91 Å². The van der Waals surface area contributed by atoms with Crippen LogP contribution in [0.3, 0.4) is 0 Å². The van der Waals surface area contributed by atoms with E-state index in [9.17, 15) is 4.79 Å². The molecule has 2 aromatic carbocycles. The predicted octanol–water partition coefficient (Wildman–Crippen LogP) is 4.33. The second-order valence-electron chi connectivity index (χ2n) is 6.37. The summed E-state index contributed by atoms with van der Waals surface area (Å²) >= 11 is 0. The average molecular weight is 348 g/mol. The standard InChI is InChI=1S/C21H20N2O3/c1-25-17-11-9-16(10-12-17)19-8-5-13-23(19)21(24)20-14-18(22-26-20)15-6-3-2-4-7-15/h2-4,6-7,9-12,14,19H,5,8,13H2,1H3/t19-/m1/s1. The summed E-state index contributed by atoms with van der Waals surface area (Å²) in [5.41, 5.74) is 2.72. The summed E-state index contributed by atoms with van der Waals surface area (Å²) in [5, 5.41) is 4.06. The van der Waals surface area contributed by atoms with Crippen LogP contribution in [0.15, 0.2) is 65.2 Å². The molecule has 2 heterocycles. The normalized spacial score (nSPS) is 16.7. The van der Waals surface area contributed by atoms with Crippen LogP contribution in [-0.2, 0) is 0 Å². The first-order valence-electron chi connectivity index (χ1n) is 8.73. The van der Waals surface area contributed by atoms with Crippen LogP contribution in [0.1, 0.15) is 35.0 Å². The molecule has 0 unspecified atom stereocenters. The molecule has 1 atom stereocenters. The van der Waals surface area contributed by atoms with Gasteiger partial charge in [-0.3, -0.25) is 4.79 Å². The number of hydrogen-bond acceptors (Lipinski definition) is 4. The van der Waals surface area contributed by atoms with Crippen molar-refractivity contribution < 1.29 is 14.1 Å². The summed E-state index contributed by atoms with van der Waals surface area (Å²) < 4.78 is 10.6. The Morgan fingerprint density at radius 1 is 1.15 bits per heavy atom. The molecule has 1 amide bonds. The molecular formula is C21H20N2O3. The number of rotatable bonds is 4. The van der Waals surface area contributed by atoms with E-state index < -0.39 is 0 Å². The molecule has 0 N–H and O–H groups in total. The zero-order valence-corrected chi connectivity index (χ0v) is 14.6. The zero-order valence-electron chi connectivity index (χ0n) is 14.6. The Balaban J connectivity index is 1.56. The lowest BCUT2D eigenvalue weighted by Gasteiger charge is -2.24. The number of ether oxygens (including phenoxy) is 1. The number of aromatic nitrogens is 1. The number of methoxy groups -OCH3 is 1. The summed E-state index contributed by atoms with van der Waals surface area (Å²) in [5.74, 6) is 0.981. The number of nitrogens with zero attached hydrogens (tertiary/aromatic N) is 2. The van der Waals surface area contributed by atoms with Crippen LogP contribution in [0.25, 0.3) is 11.3 Å². The topological polar surface area (TPSA) is 55.6 Å². The fraction of sp³-hybridized carbons (Fsp3) is 0.238. The van der Waals surface area contributed by atoms with Crippen LogP contribution >= 0.6 is 0 Å². The maximum atomic E-state index is 13.0. The van der Waals surface area contributed by atoms with Gasteiger partial charge < -0.3 is 14.2 Å². The van der Waals surface area contributed by atoms with E-state index in [2.05, 4.69) is 5.16 Å². The van der Waals surface area contributed by atoms with Gasteiger partial charge in [-0.15, -0.1) is 0 Å². The van der Waals surface area contributed by atoms with Gasteiger partial charge >= 0.3 is 0 Å². The van der Waals surface area contributed by atoms with E-state index in [1.54, 1.807) is 13.2 Å². The Labute approximate surface area is 152 Å². The first kappa shape index (κ1) is 16.4. The van der Waals surface area contributed by atoms with Crippen molar-refractivity contribution >= 4 is 5.91 Å². The van der Waals surface area contributed by atoms with Crippen molar-refractivity contribution in [1.29, 1.82) is 0 Å². The van der Waals surface area contributed by atoms with Gasteiger partial charge in [-0.25, -0.2) is 0 Å². The molecule has 0 spiro atoms. The van der Waals surface area contributed by atoms with Crippen molar-refractivity contribution in [2.75, 3.05) is 13.7 Å². The van der Waals surface area contributed by atoms with E-state index in [-0.39, 0.29) is 17.7 Å². The molecule has 3 aromatic rings. The highest BCUT2D eigenvalue weighted by Gasteiger charge is 2.32. The van der Waals surface area contributed by atoms with Crippen LogP contribution in [0.4, 0.5) is 0 Å². The van der Waals surface area contributed by atoms with E-state index in [0.717, 1.165) is 36.3 Å². The largest absolute Gasteiger partial charge is 0.497 e. The lowest BCUT2D eigenvalue weighted by Crippen LogP contribution is -2.30. The summed E-state index contributed by atoms with van der Waals surface area (Å²) in [4.78, 5) is 14.8. The quantitative estimate of drug-likeness (QED) is 0.704. The van der Waals surface area contributed by atoms with E-state index in [1.807, 2.05) is 59.5 Å². The van der Waals surface area contributed by atoms with Gasteiger partial charge in [0.05, 0.1) is 13.2 Å². The molecule has 0 aliphatic carbocycles. The SMILES string of the molecule is COc1ccc([C@H]2CCCN2C(=O)c2cc(-c3ccccc3)no2)cc1. The van der Waals surface area contributed by atoms with Crippen LogP contribution < -0.4 is 4.74 Å². The predicted molar refractivity (Wildman–Crippen MR) is 97.9 cm³/mol. The molecule has 0 bridgehead atoms. The highest BCUT2D eigenvalue weighted by Crippen LogP contribution is 2.34. The van der Waals surface area contributed by atoms with Gasteiger partial charge in [0.1, 0.15) is 11.4 Å². The van der Waals surface area contributed by atoms with Gasteiger partial charge in [0, 0.05) is 18.2 Å². The minimum absolute atomic E-state index is 0.0543. The monoisotopic (exact) mass is 348 g/mol. The molecule has 26 heavy (non-hydrogen) atoms. The van der Waals surface area contributed by atoms with Crippen LogP contribution in [-0.4, -0.2) is 29.6 Å². The number of likely N-dealkylation sites (tertiary alicyclic amines) is 1. The zero-order chi connectivity index (χ0) is 17.9. The molecule has 1 aliphatic rings. The Bertz CT molecular complexity index is 887. The molecule has 132 valence electrons. The second kappa shape index (κ2) is 7.04. The first-order valence-corrected chi connectivity index (χ1v) is 8.73. The second-order valence-corrected chi connectivity index (χ2v) is 6.37. The van der Waals surface area contributed by atoms with E-state index in [4.69, 9.17) is 9.26 Å². The number of benzene rings is 2. The summed E-state index contributed by atoms with van der Waals surface area (Å²) in [6, 6.07) is 19.4. The molecule has 0 radical (unpaired) electrons. The number of amides is 1. The van der Waals surface area contributed by atoms with Crippen molar-refractivity contribution in [2.45, 2.75) is 18.9 Å². The Morgan fingerprint density at radius 3 is 2.65 bits per heavy atom. The lowest BCUT2D eigenvalue weighted by molar-refractivity contribution is 0.0693. The first-order chi connectivity index (χ1) is 12.8. The van der Waals surface area contributed by atoms with Crippen molar-refractivity contribution in [3.63, 3.8) is 0 Å². The third kappa shape index (κ3) is 3.08. The van der Waals surface area contributed by atoms with Crippen LogP contribution in [0, 0.1) is 0 Å². The van der Waals surface area contributed by atoms with Gasteiger partial charge in [0.15, 0.2) is 0 Å². The van der Waals surface area contributed by atoms with Crippen molar-refractivity contribution in [2.24, 2.45) is 0 Å². The van der Waals surface area contributed by atoms with Gasteiger partial charge in [-0.1, -0.05) is 47.6 Å². The minimum Gasteiger partial charge on any atom is -0.497 e. The average Bonchev–Trinajstić information content (AvgIpc) is 3.38. The van der Waals surface area contributed by atoms with Gasteiger partial charge in [-0.2, -0.15) is 0 Å². The van der Waals surface area contributed by atoms with Gasteiger partial charge in [-0.05, 0) is 30.5 Å². The van der Waals surface area contributed by atoms with E-state index >= 15 is 0 Å². The molecule has 4 rings (SSSR count). The third-order valence-electron chi connectivity index (χ3n) is 4.80. The van der Waals surface area contributed by atoms with E-state index in [1.165, 1.54) is 0 Å². The number of hydrogen-bond donors (Lipinski definition) is 0. The van der Waals surface area contributed by atoms with Crippen LogP contribution in [0.2, 0.25) is 0 Å². The maximum absolute atomic E-state index is 13.0. The Kier molecular flexibility index (Phi) is 4.44. The summed E-state index contributed by atoms with van der Waals surface area (Å²) in [6.07, 6.45) is 1.92. The number of carbonyl (C=O) groups is 1. The molecule has 5 nitrogen and oxygen atoms in total. The molecule has 1 aromatic heterocycles. The fourth-order valence-corrected chi connectivity index (χ4v) is 3.44. The molecule has 1 fully saturated rings. The Morgan fingerprint density at radius 2 is 1.92 bits per heavy atom. The fourth-order valence-electron chi connectivity index (χ4n) is 3.44. The smallest absolute Gasteiger partial charge is 0.292 e. The van der Waals surface area contributed by atoms with Crippen molar-refractivity contribution in [1.82, 2.24) is 10.1 Å². The van der Waals surface area contributed by atoms with Crippen molar-refractivity contribution in [3.05, 3.63) is 72.0 Å². The molecule has 5 heteroatoms. The van der Waals surface area contributed by atoms with E-state index in [0.29, 0.717) is 5.69 Å². The maximum Gasteiger partial charge on any atom is 0.292 e. The molecule has 1 saturated heterocycles. The molecular weight excluding hydrogens is 328 g/mol. The highest BCUT2D eigenvalue weighted by molar-refractivity contribution is 5.93. The van der Waals surface area contributed by atoms with Crippen LogP contribution in [0.5, 0.6) is 5.75 Å². The lowest BCUT2D eigenvalue weighted by atomic mass is 10.0. The van der Waals surface area contributed by atoms with Gasteiger partial charge in [0.2, 0.25) is 5.76 Å². The summed E-state index contributed by atoms with van der Waals surface area (Å²) in [6.45, 7) is 0.719. The molecule has 1 aliphatic heterocycles. The Hall–Kier alpha value is -3.08. The third-order valence-corrected chi connectivity index (χ3v) is 4.80. The number of carbonyl (C=O) groups excluding carboxylic acids is 1. The molecule has 0 saturated carbocycles. The highest BCUT2D eigenvalue weighted by atomic mass is 16.5. The summed E-state index contributed by atoms with van der Waals surface area (Å²) in [7, 11) is 1.65. The van der Waals surface area contributed by atoms with Crippen molar-refractivity contribution in [3.8, 4) is 17.0 Å². The minimum atomic E-state index is -0.113.